The highest BCUT2D eigenvalue weighted by Gasteiger charge is 2.20. The quantitative estimate of drug-likeness (QED) is 0.689. The average Bonchev–Trinajstić information content (AvgIpc) is 2.36. The van der Waals surface area contributed by atoms with Gasteiger partial charge in [-0.15, -0.1) is 0 Å². The van der Waals surface area contributed by atoms with Gasteiger partial charge in [-0.1, -0.05) is 29.8 Å². The molecule has 0 saturated carbocycles. The summed E-state index contributed by atoms with van der Waals surface area (Å²) in [6, 6.07) is 5.65. The predicted octanol–water partition coefficient (Wildman–Crippen LogP) is 0.717. The molecular weight excluding hydrogens is 284 g/mol. The summed E-state index contributed by atoms with van der Waals surface area (Å²) >= 11 is 5.91. The molecular formula is C13H15ClN2O4. The van der Waals surface area contributed by atoms with E-state index < -0.39 is 23.8 Å². The van der Waals surface area contributed by atoms with Crippen LogP contribution in [0, 0.1) is 0 Å². The molecule has 0 aliphatic rings. The van der Waals surface area contributed by atoms with Gasteiger partial charge in [0.2, 0.25) is 11.8 Å². The van der Waals surface area contributed by atoms with Gasteiger partial charge < -0.3 is 16.2 Å². The number of carbonyl (C=O) groups is 3. The van der Waals surface area contributed by atoms with Crippen molar-refractivity contribution in [2.75, 3.05) is 0 Å². The van der Waals surface area contributed by atoms with Crippen LogP contribution in [0.25, 0.3) is 0 Å². The third-order valence-electron chi connectivity index (χ3n) is 2.62. The lowest BCUT2D eigenvalue weighted by Crippen LogP contribution is -2.42. The van der Waals surface area contributed by atoms with E-state index in [1.165, 1.54) is 0 Å². The second-order valence-corrected chi connectivity index (χ2v) is 4.64. The molecule has 20 heavy (non-hydrogen) atoms. The number of halogens is 1. The van der Waals surface area contributed by atoms with E-state index in [4.69, 9.17) is 22.4 Å². The first-order chi connectivity index (χ1) is 9.40. The Hall–Kier alpha value is -2.08. The standard InChI is InChI=1S/C13H15ClN2O4/c14-9-4-2-1-3-8(9)7-12(18)16-10(13(19)20)5-6-11(15)17/h1-4,10H,5-7H2,(H2,15,17)(H,16,18)(H,19,20)/t10-/m0/s1. The van der Waals surface area contributed by atoms with Crippen LogP contribution in [0.2, 0.25) is 5.02 Å². The topological polar surface area (TPSA) is 109 Å². The normalized spacial score (nSPS) is 11.7. The number of carbonyl (C=O) groups excluding carboxylic acids is 2. The van der Waals surface area contributed by atoms with Crippen LogP contribution >= 0.6 is 11.6 Å². The lowest BCUT2D eigenvalue weighted by atomic mass is 10.1. The van der Waals surface area contributed by atoms with Crippen molar-refractivity contribution in [1.29, 1.82) is 0 Å². The molecule has 0 spiro atoms. The zero-order valence-corrected chi connectivity index (χ0v) is 11.4. The number of hydrogen-bond donors (Lipinski definition) is 3. The molecule has 1 atom stereocenters. The maximum absolute atomic E-state index is 11.8. The monoisotopic (exact) mass is 298 g/mol. The van der Waals surface area contributed by atoms with Gasteiger partial charge in [0.15, 0.2) is 0 Å². The third-order valence-corrected chi connectivity index (χ3v) is 2.99. The van der Waals surface area contributed by atoms with Gasteiger partial charge in [0, 0.05) is 11.4 Å². The number of aliphatic carboxylic acids is 1. The third kappa shape index (κ3) is 5.27. The fraction of sp³-hybridized carbons (Fsp3) is 0.308. The summed E-state index contributed by atoms with van der Waals surface area (Å²) in [7, 11) is 0. The van der Waals surface area contributed by atoms with Crippen LogP contribution in [0.15, 0.2) is 24.3 Å². The number of amides is 2. The van der Waals surface area contributed by atoms with E-state index in [0.29, 0.717) is 10.6 Å². The maximum atomic E-state index is 11.8. The SMILES string of the molecule is NC(=O)CC[C@H](NC(=O)Cc1ccccc1Cl)C(=O)O. The van der Waals surface area contributed by atoms with Crippen molar-refractivity contribution >= 4 is 29.4 Å². The van der Waals surface area contributed by atoms with E-state index in [1.54, 1.807) is 24.3 Å². The van der Waals surface area contributed by atoms with Crippen molar-refractivity contribution < 1.29 is 19.5 Å². The molecule has 7 heteroatoms. The van der Waals surface area contributed by atoms with E-state index in [0.717, 1.165) is 0 Å². The fourth-order valence-electron chi connectivity index (χ4n) is 1.60. The second kappa shape index (κ2) is 7.49. The van der Waals surface area contributed by atoms with Crippen molar-refractivity contribution in [3.8, 4) is 0 Å². The average molecular weight is 299 g/mol. The molecule has 108 valence electrons. The minimum atomic E-state index is -1.21. The Morgan fingerprint density at radius 2 is 1.95 bits per heavy atom. The number of nitrogens with one attached hydrogen (secondary N) is 1. The molecule has 0 unspecified atom stereocenters. The fourth-order valence-corrected chi connectivity index (χ4v) is 1.81. The predicted molar refractivity (Wildman–Crippen MR) is 73.2 cm³/mol. The summed E-state index contributed by atoms with van der Waals surface area (Å²) in [6.45, 7) is 0. The van der Waals surface area contributed by atoms with Gasteiger partial charge in [0.1, 0.15) is 6.04 Å². The molecule has 2 amide bonds. The molecule has 6 nitrogen and oxygen atoms in total. The number of primary amides is 1. The summed E-state index contributed by atoms with van der Waals surface area (Å²) in [6.07, 6.45) is -0.178. The molecule has 1 rings (SSSR count). The summed E-state index contributed by atoms with van der Waals surface area (Å²) in [5, 5.41) is 11.7. The van der Waals surface area contributed by atoms with E-state index in [9.17, 15) is 14.4 Å². The Morgan fingerprint density at radius 1 is 1.30 bits per heavy atom. The minimum absolute atomic E-state index is 0.0278. The summed E-state index contributed by atoms with van der Waals surface area (Å²) < 4.78 is 0. The van der Waals surface area contributed by atoms with Crippen LogP contribution in [0.3, 0.4) is 0 Å². The molecule has 4 N–H and O–H groups in total. The lowest BCUT2D eigenvalue weighted by Gasteiger charge is -2.14. The van der Waals surface area contributed by atoms with Gasteiger partial charge in [0.25, 0.3) is 0 Å². The van der Waals surface area contributed by atoms with E-state index in [1.807, 2.05) is 0 Å². The number of rotatable bonds is 7. The molecule has 0 radical (unpaired) electrons. The van der Waals surface area contributed by atoms with Crippen LogP contribution in [0.4, 0.5) is 0 Å². The van der Waals surface area contributed by atoms with Gasteiger partial charge >= 0.3 is 5.97 Å². The van der Waals surface area contributed by atoms with Crippen LogP contribution < -0.4 is 11.1 Å². The Labute approximate surface area is 120 Å². The summed E-state index contributed by atoms with van der Waals surface area (Å²) in [4.78, 5) is 33.4. The van der Waals surface area contributed by atoms with E-state index in [2.05, 4.69) is 5.32 Å². The van der Waals surface area contributed by atoms with Crippen molar-refractivity contribution in [1.82, 2.24) is 5.32 Å². The van der Waals surface area contributed by atoms with Crippen molar-refractivity contribution in [3.05, 3.63) is 34.9 Å². The van der Waals surface area contributed by atoms with Crippen molar-refractivity contribution in [3.63, 3.8) is 0 Å². The van der Waals surface area contributed by atoms with Crippen molar-refractivity contribution in [2.45, 2.75) is 25.3 Å². The number of hydrogen-bond acceptors (Lipinski definition) is 3. The van der Waals surface area contributed by atoms with E-state index in [-0.39, 0.29) is 19.3 Å². The van der Waals surface area contributed by atoms with Crippen LogP contribution in [-0.2, 0) is 20.8 Å². The Bertz CT molecular complexity index is 519. The molecule has 0 aliphatic heterocycles. The molecule has 0 saturated heterocycles. The maximum Gasteiger partial charge on any atom is 0.326 e. The zero-order valence-electron chi connectivity index (χ0n) is 10.6. The molecule has 0 fully saturated rings. The zero-order chi connectivity index (χ0) is 15.1. The minimum Gasteiger partial charge on any atom is -0.480 e. The van der Waals surface area contributed by atoms with Crippen LogP contribution in [-0.4, -0.2) is 28.9 Å². The molecule has 1 aromatic rings. The van der Waals surface area contributed by atoms with Crippen LogP contribution in [0.1, 0.15) is 18.4 Å². The number of nitrogens with two attached hydrogens (primary N) is 1. The Morgan fingerprint density at radius 3 is 2.50 bits per heavy atom. The first-order valence-electron chi connectivity index (χ1n) is 5.94. The number of carboxylic acid groups (broad SMARTS) is 1. The van der Waals surface area contributed by atoms with Gasteiger partial charge in [-0.3, -0.25) is 9.59 Å². The van der Waals surface area contributed by atoms with E-state index >= 15 is 0 Å². The van der Waals surface area contributed by atoms with Crippen LogP contribution in [0.5, 0.6) is 0 Å². The van der Waals surface area contributed by atoms with Gasteiger partial charge in [-0.05, 0) is 18.1 Å². The second-order valence-electron chi connectivity index (χ2n) is 4.23. The first kappa shape index (κ1) is 16.0. The first-order valence-corrected chi connectivity index (χ1v) is 6.32. The summed E-state index contributed by atoms with van der Waals surface area (Å²) in [5.74, 6) is -2.30. The molecule has 0 aromatic heterocycles. The molecule has 0 aliphatic carbocycles. The van der Waals surface area contributed by atoms with Gasteiger partial charge in [-0.25, -0.2) is 4.79 Å². The highest BCUT2D eigenvalue weighted by molar-refractivity contribution is 6.31. The van der Waals surface area contributed by atoms with Gasteiger partial charge in [-0.2, -0.15) is 0 Å². The largest absolute Gasteiger partial charge is 0.480 e. The lowest BCUT2D eigenvalue weighted by molar-refractivity contribution is -0.142. The summed E-state index contributed by atoms with van der Waals surface area (Å²) in [5.41, 5.74) is 5.56. The number of carboxylic acids is 1. The Balaban J connectivity index is 2.60. The molecule has 0 heterocycles. The smallest absolute Gasteiger partial charge is 0.326 e. The highest BCUT2D eigenvalue weighted by atomic mass is 35.5. The molecule has 0 bridgehead atoms. The van der Waals surface area contributed by atoms with Gasteiger partial charge in [0.05, 0.1) is 6.42 Å². The highest BCUT2D eigenvalue weighted by Crippen LogP contribution is 2.15. The van der Waals surface area contributed by atoms with Crippen molar-refractivity contribution in [2.24, 2.45) is 5.73 Å². The number of benzene rings is 1. The Kier molecular flexibility index (Phi) is 5.99. The molecule has 1 aromatic carbocycles.